The highest BCUT2D eigenvalue weighted by molar-refractivity contribution is 5.78. The molecule has 0 bridgehead atoms. The van der Waals surface area contributed by atoms with Crippen molar-refractivity contribution in [3.63, 3.8) is 0 Å². The Morgan fingerprint density at radius 1 is 1.22 bits per heavy atom. The average molecular weight is 256 g/mol. The molecule has 0 aliphatic heterocycles. The molecule has 0 aromatic carbocycles. The number of hydrogen-bond acceptors (Lipinski definition) is 3. The standard InChI is InChI=1S/C14H28N2O2/c1-3-12(4-2)16-13(17)10-15-11-14(18)8-6-5-7-9-14/h12,15,18H,3-11H2,1-2H3,(H,16,17). The van der Waals surface area contributed by atoms with Crippen LogP contribution in [0, 0.1) is 0 Å². The number of aliphatic hydroxyl groups is 1. The summed E-state index contributed by atoms with van der Waals surface area (Å²) in [5, 5.41) is 16.3. The van der Waals surface area contributed by atoms with Gasteiger partial charge in [0.25, 0.3) is 0 Å². The summed E-state index contributed by atoms with van der Waals surface area (Å²) in [5.41, 5.74) is -0.590. The maximum Gasteiger partial charge on any atom is 0.234 e. The summed E-state index contributed by atoms with van der Waals surface area (Å²) in [5.74, 6) is 0.0307. The first-order valence-corrected chi connectivity index (χ1v) is 7.32. The van der Waals surface area contributed by atoms with Gasteiger partial charge in [-0.15, -0.1) is 0 Å². The predicted molar refractivity (Wildman–Crippen MR) is 73.4 cm³/mol. The SMILES string of the molecule is CCC(CC)NC(=O)CNCC1(O)CCCCC1. The van der Waals surface area contributed by atoms with Crippen molar-refractivity contribution in [3.8, 4) is 0 Å². The van der Waals surface area contributed by atoms with Crippen LogP contribution >= 0.6 is 0 Å². The maximum atomic E-state index is 11.7. The van der Waals surface area contributed by atoms with Gasteiger partial charge >= 0.3 is 0 Å². The molecular weight excluding hydrogens is 228 g/mol. The van der Waals surface area contributed by atoms with Gasteiger partial charge in [0.1, 0.15) is 0 Å². The third-order valence-corrected chi connectivity index (χ3v) is 3.87. The van der Waals surface area contributed by atoms with Crippen LogP contribution in [0.4, 0.5) is 0 Å². The van der Waals surface area contributed by atoms with E-state index in [0.717, 1.165) is 38.5 Å². The zero-order valence-corrected chi connectivity index (χ0v) is 11.8. The van der Waals surface area contributed by atoms with E-state index in [1.807, 2.05) is 0 Å². The van der Waals surface area contributed by atoms with Crippen LogP contribution in [0.15, 0.2) is 0 Å². The van der Waals surface area contributed by atoms with Crippen molar-refractivity contribution in [1.82, 2.24) is 10.6 Å². The summed E-state index contributed by atoms with van der Waals surface area (Å²) in [4.78, 5) is 11.7. The first kappa shape index (κ1) is 15.4. The second kappa shape index (κ2) is 7.74. The fourth-order valence-electron chi connectivity index (χ4n) is 2.57. The minimum Gasteiger partial charge on any atom is -0.389 e. The molecule has 1 fully saturated rings. The van der Waals surface area contributed by atoms with Crippen molar-refractivity contribution in [3.05, 3.63) is 0 Å². The third-order valence-electron chi connectivity index (χ3n) is 3.87. The first-order chi connectivity index (χ1) is 8.59. The van der Waals surface area contributed by atoms with E-state index in [2.05, 4.69) is 24.5 Å². The van der Waals surface area contributed by atoms with Crippen LogP contribution in [-0.4, -0.2) is 35.7 Å². The molecule has 0 heterocycles. The average Bonchev–Trinajstić information content (AvgIpc) is 2.36. The minimum absolute atomic E-state index is 0.0307. The normalized spacial score (nSPS) is 18.9. The van der Waals surface area contributed by atoms with Crippen molar-refractivity contribution >= 4 is 5.91 Å². The topological polar surface area (TPSA) is 61.4 Å². The molecule has 1 saturated carbocycles. The molecular formula is C14H28N2O2. The highest BCUT2D eigenvalue weighted by Crippen LogP contribution is 2.27. The van der Waals surface area contributed by atoms with Crippen LogP contribution in [0.2, 0.25) is 0 Å². The molecule has 1 aliphatic carbocycles. The Morgan fingerprint density at radius 3 is 2.39 bits per heavy atom. The Morgan fingerprint density at radius 2 is 1.83 bits per heavy atom. The molecule has 0 unspecified atom stereocenters. The Labute approximate surface area is 111 Å². The third kappa shape index (κ3) is 5.36. The number of amides is 1. The summed E-state index contributed by atoms with van der Waals surface area (Å²) >= 11 is 0. The van der Waals surface area contributed by atoms with Crippen LogP contribution in [0.5, 0.6) is 0 Å². The fourth-order valence-corrected chi connectivity index (χ4v) is 2.57. The summed E-state index contributed by atoms with van der Waals surface area (Å²) in [6.45, 7) is 4.99. The van der Waals surface area contributed by atoms with E-state index in [4.69, 9.17) is 0 Å². The number of rotatable bonds is 7. The van der Waals surface area contributed by atoms with Gasteiger partial charge in [-0.05, 0) is 25.7 Å². The molecule has 0 atom stereocenters. The minimum atomic E-state index is -0.590. The van der Waals surface area contributed by atoms with Crippen molar-refractivity contribution in [1.29, 1.82) is 0 Å². The lowest BCUT2D eigenvalue weighted by atomic mass is 9.85. The van der Waals surface area contributed by atoms with Gasteiger partial charge in [-0.25, -0.2) is 0 Å². The largest absolute Gasteiger partial charge is 0.389 e. The number of carbonyl (C=O) groups excluding carboxylic acids is 1. The maximum absolute atomic E-state index is 11.7. The van der Waals surface area contributed by atoms with Crippen molar-refractivity contribution in [2.24, 2.45) is 0 Å². The Balaban J connectivity index is 2.18. The number of nitrogens with one attached hydrogen (secondary N) is 2. The number of hydrogen-bond donors (Lipinski definition) is 3. The predicted octanol–water partition coefficient (Wildman–Crippen LogP) is 1.58. The quantitative estimate of drug-likeness (QED) is 0.648. The highest BCUT2D eigenvalue weighted by Gasteiger charge is 2.28. The first-order valence-electron chi connectivity index (χ1n) is 7.32. The molecule has 0 spiro atoms. The zero-order valence-electron chi connectivity index (χ0n) is 11.8. The van der Waals surface area contributed by atoms with Gasteiger partial charge in [-0.3, -0.25) is 4.79 Å². The summed E-state index contributed by atoms with van der Waals surface area (Å²) < 4.78 is 0. The van der Waals surface area contributed by atoms with E-state index in [1.165, 1.54) is 6.42 Å². The van der Waals surface area contributed by atoms with Gasteiger partial charge in [0.15, 0.2) is 0 Å². The highest BCUT2D eigenvalue weighted by atomic mass is 16.3. The van der Waals surface area contributed by atoms with Gasteiger partial charge in [-0.2, -0.15) is 0 Å². The van der Waals surface area contributed by atoms with E-state index in [0.29, 0.717) is 13.1 Å². The van der Waals surface area contributed by atoms with Gasteiger partial charge < -0.3 is 15.7 Å². The summed E-state index contributed by atoms with van der Waals surface area (Å²) in [6.07, 6.45) is 7.05. The van der Waals surface area contributed by atoms with Crippen LogP contribution < -0.4 is 10.6 Å². The van der Waals surface area contributed by atoms with Gasteiger partial charge in [0.05, 0.1) is 12.1 Å². The molecule has 0 aromatic rings. The van der Waals surface area contributed by atoms with E-state index < -0.39 is 5.60 Å². The van der Waals surface area contributed by atoms with Crippen LogP contribution in [0.3, 0.4) is 0 Å². The lowest BCUT2D eigenvalue weighted by Gasteiger charge is -2.32. The lowest BCUT2D eigenvalue weighted by Crippen LogP contribution is -2.46. The van der Waals surface area contributed by atoms with E-state index in [-0.39, 0.29) is 11.9 Å². The van der Waals surface area contributed by atoms with Crippen LogP contribution in [0.1, 0.15) is 58.8 Å². The molecule has 1 aliphatic rings. The van der Waals surface area contributed by atoms with E-state index in [9.17, 15) is 9.90 Å². The van der Waals surface area contributed by atoms with E-state index in [1.54, 1.807) is 0 Å². The van der Waals surface area contributed by atoms with Crippen molar-refractivity contribution < 1.29 is 9.90 Å². The monoisotopic (exact) mass is 256 g/mol. The van der Waals surface area contributed by atoms with Crippen LogP contribution in [-0.2, 0) is 4.79 Å². The molecule has 1 rings (SSSR count). The molecule has 0 radical (unpaired) electrons. The molecule has 4 nitrogen and oxygen atoms in total. The molecule has 18 heavy (non-hydrogen) atoms. The van der Waals surface area contributed by atoms with Gasteiger partial charge in [0.2, 0.25) is 5.91 Å². The fraction of sp³-hybridized carbons (Fsp3) is 0.929. The lowest BCUT2D eigenvalue weighted by molar-refractivity contribution is -0.121. The summed E-state index contributed by atoms with van der Waals surface area (Å²) in [6, 6.07) is 0.275. The van der Waals surface area contributed by atoms with Crippen LogP contribution in [0.25, 0.3) is 0 Å². The second-order valence-electron chi connectivity index (χ2n) is 5.47. The summed E-state index contributed by atoms with van der Waals surface area (Å²) in [7, 11) is 0. The Kier molecular flexibility index (Phi) is 6.65. The van der Waals surface area contributed by atoms with E-state index >= 15 is 0 Å². The Bertz CT molecular complexity index is 246. The smallest absolute Gasteiger partial charge is 0.234 e. The van der Waals surface area contributed by atoms with Crippen molar-refractivity contribution in [2.75, 3.05) is 13.1 Å². The van der Waals surface area contributed by atoms with Gasteiger partial charge in [-0.1, -0.05) is 33.1 Å². The molecule has 4 heteroatoms. The molecule has 0 saturated heterocycles. The second-order valence-corrected chi connectivity index (χ2v) is 5.47. The van der Waals surface area contributed by atoms with Crippen molar-refractivity contribution in [2.45, 2.75) is 70.4 Å². The van der Waals surface area contributed by atoms with Gasteiger partial charge in [0, 0.05) is 12.6 Å². The molecule has 106 valence electrons. The number of carbonyl (C=O) groups is 1. The molecule has 3 N–H and O–H groups in total. The zero-order chi connectivity index (χ0) is 13.4. The molecule has 0 aromatic heterocycles. The Hall–Kier alpha value is -0.610. The molecule has 1 amide bonds.